The van der Waals surface area contributed by atoms with E-state index in [1.54, 1.807) is 19.1 Å². The Balaban J connectivity index is 2.24. The summed E-state index contributed by atoms with van der Waals surface area (Å²) in [6.45, 7) is 10.3. The third-order valence-corrected chi connectivity index (χ3v) is 5.48. The summed E-state index contributed by atoms with van der Waals surface area (Å²) in [6, 6.07) is 2.07. The molecule has 0 unspecified atom stereocenters. The molecule has 0 bridgehead atoms. The molecule has 5 nitrogen and oxygen atoms in total. The van der Waals surface area contributed by atoms with E-state index in [0.29, 0.717) is 30.7 Å². The van der Waals surface area contributed by atoms with Gasteiger partial charge in [0.1, 0.15) is 16.4 Å². The van der Waals surface area contributed by atoms with E-state index in [1.165, 1.54) is 4.31 Å². The molecule has 0 spiro atoms. The Morgan fingerprint density at radius 3 is 2.71 bits per heavy atom. The number of nitrogens with zero attached hydrogens (tertiary/aromatic N) is 1. The van der Waals surface area contributed by atoms with Crippen LogP contribution in [-0.4, -0.2) is 31.4 Å². The third-order valence-electron chi connectivity index (χ3n) is 3.46. The van der Waals surface area contributed by atoms with Crippen LogP contribution in [-0.2, 0) is 16.6 Å². The van der Waals surface area contributed by atoms with Crippen LogP contribution in [0.3, 0.4) is 0 Å². The van der Waals surface area contributed by atoms with Gasteiger partial charge in [-0.3, -0.25) is 0 Å². The van der Waals surface area contributed by atoms with Crippen molar-refractivity contribution in [3.8, 4) is 0 Å². The highest BCUT2D eigenvalue weighted by Gasteiger charge is 2.38. The number of aryl methyl sites for hydroxylation is 1. The summed E-state index contributed by atoms with van der Waals surface area (Å²) in [4.78, 5) is 0.275. The number of furan rings is 1. The topological polar surface area (TPSA) is 62.6 Å². The normalized spacial score (nSPS) is 15.9. The summed E-state index contributed by atoms with van der Waals surface area (Å²) in [6.07, 6.45) is 3.48. The smallest absolute Gasteiger partial charge is 0.247 e. The van der Waals surface area contributed by atoms with Crippen molar-refractivity contribution in [1.82, 2.24) is 9.62 Å². The van der Waals surface area contributed by atoms with Crippen LogP contribution in [0.15, 0.2) is 28.0 Å². The molecule has 1 saturated carbocycles. The van der Waals surface area contributed by atoms with Gasteiger partial charge in [-0.2, -0.15) is 4.31 Å². The van der Waals surface area contributed by atoms with E-state index in [0.717, 1.165) is 12.8 Å². The molecule has 1 heterocycles. The minimum Gasteiger partial charge on any atom is -0.464 e. The molecule has 1 aliphatic carbocycles. The van der Waals surface area contributed by atoms with Crippen LogP contribution in [0.1, 0.15) is 38.2 Å². The molecule has 1 aromatic heterocycles. The Morgan fingerprint density at radius 1 is 1.52 bits per heavy atom. The fourth-order valence-electron chi connectivity index (χ4n) is 2.23. The van der Waals surface area contributed by atoms with E-state index in [9.17, 15) is 8.42 Å². The monoisotopic (exact) mass is 312 g/mol. The van der Waals surface area contributed by atoms with Crippen LogP contribution in [0, 0.1) is 6.92 Å². The molecular formula is C15H24N2O3S. The van der Waals surface area contributed by atoms with Gasteiger partial charge in [-0.1, -0.05) is 19.9 Å². The first-order valence-corrected chi connectivity index (χ1v) is 8.75. The second kappa shape index (κ2) is 6.34. The van der Waals surface area contributed by atoms with Gasteiger partial charge in [-0.25, -0.2) is 8.42 Å². The van der Waals surface area contributed by atoms with E-state index in [-0.39, 0.29) is 10.9 Å². The van der Waals surface area contributed by atoms with Gasteiger partial charge in [0.05, 0.1) is 6.54 Å². The first kappa shape index (κ1) is 16.3. The van der Waals surface area contributed by atoms with Gasteiger partial charge >= 0.3 is 0 Å². The highest BCUT2D eigenvalue weighted by atomic mass is 32.2. The zero-order valence-corrected chi connectivity index (χ0v) is 13.7. The van der Waals surface area contributed by atoms with Crippen LogP contribution in [0.4, 0.5) is 0 Å². The molecule has 1 aliphatic rings. The standard InChI is InChI=1S/C15H24N2O3S/c1-5-8-17(13-6-7-13)21(18,19)15-9-14(20-12(15)4)10-16-11(2)3/h5,9,11,13,16H,1,6-8,10H2,2-4H3. The average molecular weight is 312 g/mol. The van der Waals surface area contributed by atoms with E-state index >= 15 is 0 Å². The molecule has 118 valence electrons. The van der Waals surface area contributed by atoms with Gasteiger partial charge in [-0.15, -0.1) is 6.58 Å². The Bertz CT molecular complexity index is 600. The molecule has 0 aromatic carbocycles. The van der Waals surface area contributed by atoms with Gasteiger partial charge < -0.3 is 9.73 Å². The Kier molecular flexibility index (Phi) is 4.91. The number of hydrogen-bond donors (Lipinski definition) is 1. The van der Waals surface area contributed by atoms with Crippen LogP contribution in [0.2, 0.25) is 0 Å². The molecule has 0 amide bonds. The maximum absolute atomic E-state index is 12.8. The van der Waals surface area contributed by atoms with Crippen molar-refractivity contribution >= 4 is 10.0 Å². The van der Waals surface area contributed by atoms with Crippen LogP contribution in [0.25, 0.3) is 0 Å². The highest BCUT2D eigenvalue weighted by molar-refractivity contribution is 7.89. The summed E-state index contributed by atoms with van der Waals surface area (Å²) in [5.74, 6) is 1.10. The Labute approximate surface area is 127 Å². The second-order valence-electron chi connectivity index (χ2n) is 5.76. The summed E-state index contributed by atoms with van der Waals surface area (Å²) >= 11 is 0. The molecule has 1 aromatic rings. The van der Waals surface area contributed by atoms with Crippen molar-refractivity contribution in [1.29, 1.82) is 0 Å². The predicted molar refractivity (Wildman–Crippen MR) is 82.5 cm³/mol. The lowest BCUT2D eigenvalue weighted by Gasteiger charge is -2.19. The lowest BCUT2D eigenvalue weighted by Crippen LogP contribution is -2.33. The Morgan fingerprint density at radius 2 is 2.19 bits per heavy atom. The van der Waals surface area contributed by atoms with Crippen molar-refractivity contribution in [2.45, 2.75) is 57.1 Å². The number of sulfonamides is 1. The molecule has 0 atom stereocenters. The van der Waals surface area contributed by atoms with Gasteiger partial charge in [0.25, 0.3) is 0 Å². The second-order valence-corrected chi connectivity index (χ2v) is 7.62. The van der Waals surface area contributed by atoms with E-state index in [1.807, 2.05) is 13.8 Å². The number of hydrogen-bond acceptors (Lipinski definition) is 4. The van der Waals surface area contributed by atoms with Gasteiger partial charge in [0.15, 0.2) is 0 Å². The molecular weight excluding hydrogens is 288 g/mol. The first-order valence-electron chi connectivity index (χ1n) is 7.31. The third kappa shape index (κ3) is 3.75. The fourth-order valence-corrected chi connectivity index (χ4v) is 4.07. The highest BCUT2D eigenvalue weighted by Crippen LogP contribution is 2.33. The van der Waals surface area contributed by atoms with Gasteiger partial charge in [0, 0.05) is 24.7 Å². The SMILES string of the molecule is C=CCN(C1CC1)S(=O)(=O)c1cc(CNC(C)C)oc1C. The molecule has 1 N–H and O–H groups in total. The Hall–Kier alpha value is -1.11. The largest absolute Gasteiger partial charge is 0.464 e. The average Bonchev–Trinajstić information content (AvgIpc) is 3.16. The van der Waals surface area contributed by atoms with Crippen molar-refractivity contribution in [3.05, 3.63) is 30.2 Å². The van der Waals surface area contributed by atoms with Crippen LogP contribution < -0.4 is 5.32 Å². The molecule has 6 heteroatoms. The zero-order valence-electron chi connectivity index (χ0n) is 12.9. The molecule has 1 fully saturated rings. The summed E-state index contributed by atoms with van der Waals surface area (Å²) in [5, 5.41) is 3.22. The number of rotatable bonds is 8. The summed E-state index contributed by atoms with van der Waals surface area (Å²) < 4.78 is 32.7. The predicted octanol–water partition coefficient (Wildman–Crippen LogP) is 2.43. The quantitative estimate of drug-likeness (QED) is 0.749. The van der Waals surface area contributed by atoms with Crippen molar-refractivity contribution in [2.75, 3.05) is 6.54 Å². The lowest BCUT2D eigenvalue weighted by molar-refractivity contribution is 0.427. The number of nitrogens with one attached hydrogen (secondary N) is 1. The van der Waals surface area contributed by atoms with E-state index in [2.05, 4.69) is 11.9 Å². The minimum atomic E-state index is -3.51. The summed E-state index contributed by atoms with van der Waals surface area (Å²) in [7, 11) is -3.51. The first-order chi connectivity index (χ1) is 9.86. The van der Waals surface area contributed by atoms with Crippen molar-refractivity contribution < 1.29 is 12.8 Å². The molecule has 2 rings (SSSR count). The molecule has 0 saturated heterocycles. The maximum atomic E-state index is 12.8. The van der Waals surface area contributed by atoms with Crippen LogP contribution in [0.5, 0.6) is 0 Å². The minimum absolute atomic E-state index is 0.111. The van der Waals surface area contributed by atoms with Gasteiger partial charge in [-0.05, 0) is 19.8 Å². The molecule has 0 aliphatic heterocycles. The van der Waals surface area contributed by atoms with Crippen molar-refractivity contribution in [3.63, 3.8) is 0 Å². The lowest BCUT2D eigenvalue weighted by atomic mass is 10.3. The van der Waals surface area contributed by atoms with Crippen molar-refractivity contribution in [2.24, 2.45) is 0 Å². The zero-order chi connectivity index (χ0) is 15.6. The molecule has 21 heavy (non-hydrogen) atoms. The molecule has 0 radical (unpaired) electrons. The van der Waals surface area contributed by atoms with Gasteiger partial charge in [0.2, 0.25) is 10.0 Å². The van der Waals surface area contributed by atoms with E-state index in [4.69, 9.17) is 4.42 Å². The fraction of sp³-hybridized carbons (Fsp3) is 0.600. The van der Waals surface area contributed by atoms with Crippen LogP contribution >= 0.6 is 0 Å². The maximum Gasteiger partial charge on any atom is 0.247 e. The summed E-state index contributed by atoms with van der Waals surface area (Å²) in [5.41, 5.74) is 0. The van der Waals surface area contributed by atoms with E-state index < -0.39 is 10.0 Å².